The summed E-state index contributed by atoms with van der Waals surface area (Å²) in [5, 5.41) is 10.3. The maximum atomic E-state index is 9.43. The zero-order chi connectivity index (χ0) is 14.7. The maximum absolute atomic E-state index is 9.43. The fourth-order valence-corrected chi connectivity index (χ4v) is 2.05. The first-order valence-corrected chi connectivity index (χ1v) is 6.60. The molecule has 3 rings (SSSR count). The van der Waals surface area contributed by atoms with Crippen molar-refractivity contribution in [2.24, 2.45) is 0 Å². The van der Waals surface area contributed by atoms with Gasteiger partial charge in [-0.1, -0.05) is 12.1 Å². The van der Waals surface area contributed by atoms with Crippen molar-refractivity contribution >= 4 is 10.9 Å². The summed E-state index contributed by atoms with van der Waals surface area (Å²) in [5.74, 6) is 1.61. The molecule has 0 saturated carbocycles. The van der Waals surface area contributed by atoms with E-state index in [4.69, 9.17) is 9.47 Å². The number of ether oxygens (including phenoxy) is 2. The Hall–Kier alpha value is -2.75. The Balaban J connectivity index is 1.73. The monoisotopic (exact) mass is 281 g/mol. The number of phenols is 1. The van der Waals surface area contributed by atoms with Gasteiger partial charge in [0.05, 0.1) is 12.6 Å². The van der Waals surface area contributed by atoms with Crippen LogP contribution >= 0.6 is 0 Å². The Kier molecular flexibility index (Phi) is 3.60. The molecule has 0 bridgehead atoms. The Morgan fingerprint density at radius 1 is 1.00 bits per heavy atom. The first kappa shape index (κ1) is 13.2. The molecule has 0 saturated heterocycles. The standard InChI is InChI=1S/C17H15NO3/c1-20-15-6-2-12(3-7-15)11-21-17-9-4-13-10-14(19)5-8-16(13)18-17/h2-10,19H,11H2,1H3. The third-order valence-corrected chi connectivity index (χ3v) is 3.19. The lowest BCUT2D eigenvalue weighted by Gasteiger charge is -2.07. The van der Waals surface area contributed by atoms with E-state index in [2.05, 4.69) is 4.98 Å². The minimum Gasteiger partial charge on any atom is -0.508 e. The second-order valence-corrected chi connectivity index (χ2v) is 4.66. The van der Waals surface area contributed by atoms with Crippen molar-refractivity contribution in [1.82, 2.24) is 4.98 Å². The average Bonchev–Trinajstić information content (AvgIpc) is 2.53. The molecule has 1 heterocycles. The van der Waals surface area contributed by atoms with E-state index >= 15 is 0 Å². The highest BCUT2D eigenvalue weighted by Gasteiger charge is 2.01. The molecule has 4 nitrogen and oxygen atoms in total. The van der Waals surface area contributed by atoms with Crippen molar-refractivity contribution in [2.45, 2.75) is 6.61 Å². The van der Waals surface area contributed by atoms with E-state index in [0.717, 1.165) is 22.2 Å². The zero-order valence-corrected chi connectivity index (χ0v) is 11.6. The highest BCUT2D eigenvalue weighted by molar-refractivity contribution is 5.80. The molecule has 0 spiro atoms. The topological polar surface area (TPSA) is 51.6 Å². The van der Waals surface area contributed by atoms with Gasteiger partial charge in [-0.05, 0) is 42.0 Å². The van der Waals surface area contributed by atoms with E-state index in [1.54, 1.807) is 31.4 Å². The van der Waals surface area contributed by atoms with Gasteiger partial charge in [-0.2, -0.15) is 0 Å². The molecule has 2 aromatic carbocycles. The first-order valence-electron chi connectivity index (χ1n) is 6.60. The van der Waals surface area contributed by atoms with E-state index in [1.165, 1.54) is 0 Å². The second kappa shape index (κ2) is 5.71. The number of methoxy groups -OCH3 is 1. The zero-order valence-electron chi connectivity index (χ0n) is 11.6. The van der Waals surface area contributed by atoms with E-state index in [1.807, 2.05) is 30.3 Å². The van der Waals surface area contributed by atoms with Crippen LogP contribution in [0, 0.1) is 0 Å². The molecule has 3 aromatic rings. The van der Waals surface area contributed by atoms with Gasteiger partial charge in [0.25, 0.3) is 0 Å². The van der Waals surface area contributed by atoms with Gasteiger partial charge in [0.2, 0.25) is 5.88 Å². The van der Waals surface area contributed by atoms with Crippen molar-refractivity contribution in [3.63, 3.8) is 0 Å². The SMILES string of the molecule is COc1ccc(COc2ccc3cc(O)ccc3n2)cc1. The number of nitrogens with zero attached hydrogens (tertiary/aromatic N) is 1. The molecule has 0 unspecified atom stereocenters. The van der Waals surface area contributed by atoms with Gasteiger partial charge in [0.15, 0.2) is 0 Å². The molecule has 1 aromatic heterocycles. The molecule has 0 fully saturated rings. The van der Waals surface area contributed by atoms with Crippen molar-refractivity contribution in [2.75, 3.05) is 7.11 Å². The molecular weight excluding hydrogens is 266 g/mol. The Bertz CT molecular complexity index is 754. The van der Waals surface area contributed by atoms with Crippen LogP contribution in [0.2, 0.25) is 0 Å². The summed E-state index contributed by atoms with van der Waals surface area (Å²) < 4.78 is 10.8. The summed E-state index contributed by atoms with van der Waals surface area (Å²) in [6.45, 7) is 0.445. The van der Waals surface area contributed by atoms with Crippen LogP contribution in [0.3, 0.4) is 0 Å². The van der Waals surface area contributed by atoms with E-state index in [0.29, 0.717) is 12.5 Å². The van der Waals surface area contributed by atoms with Crippen LogP contribution in [0.5, 0.6) is 17.4 Å². The summed E-state index contributed by atoms with van der Waals surface area (Å²) in [6.07, 6.45) is 0. The number of rotatable bonds is 4. The molecule has 0 amide bonds. The van der Waals surface area contributed by atoms with Gasteiger partial charge in [-0.25, -0.2) is 4.98 Å². The molecule has 106 valence electrons. The van der Waals surface area contributed by atoms with Crippen molar-refractivity contribution in [3.8, 4) is 17.4 Å². The minimum atomic E-state index is 0.233. The van der Waals surface area contributed by atoms with Crippen LogP contribution in [0.25, 0.3) is 10.9 Å². The van der Waals surface area contributed by atoms with Gasteiger partial charge in [-0.3, -0.25) is 0 Å². The summed E-state index contributed by atoms with van der Waals surface area (Å²) in [4.78, 5) is 4.41. The number of pyridine rings is 1. The van der Waals surface area contributed by atoms with E-state index < -0.39 is 0 Å². The largest absolute Gasteiger partial charge is 0.508 e. The van der Waals surface area contributed by atoms with Crippen LogP contribution in [-0.2, 0) is 6.61 Å². The van der Waals surface area contributed by atoms with Crippen LogP contribution in [0.1, 0.15) is 5.56 Å². The maximum Gasteiger partial charge on any atom is 0.214 e. The van der Waals surface area contributed by atoms with Gasteiger partial charge in [0.1, 0.15) is 18.1 Å². The summed E-state index contributed by atoms with van der Waals surface area (Å²) >= 11 is 0. The number of aromatic nitrogens is 1. The molecule has 0 aliphatic heterocycles. The fourth-order valence-electron chi connectivity index (χ4n) is 2.05. The second-order valence-electron chi connectivity index (χ2n) is 4.66. The number of fused-ring (bicyclic) bond motifs is 1. The average molecular weight is 281 g/mol. The smallest absolute Gasteiger partial charge is 0.214 e. The highest BCUT2D eigenvalue weighted by Crippen LogP contribution is 2.21. The molecule has 0 aliphatic carbocycles. The lowest BCUT2D eigenvalue weighted by molar-refractivity contribution is 0.295. The summed E-state index contributed by atoms with van der Waals surface area (Å²) in [5.41, 5.74) is 1.84. The third kappa shape index (κ3) is 3.05. The molecule has 21 heavy (non-hydrogen) atoms. The van der Waals surface area contributed by atoms with E-state index in [9.17, 15) is 5.11 Å². The van der Waals surface area contributed by atoms with Gasteiger partial charge in [0, 0.05) is 11.5 Å². The van der Waals surface area contributed by atoms with Gasteiger partial charge < -0.3 is 14.6 Å². The van der Waals surface area contributed by atoms with Crippen LogP contribution in [-0.4, -0.2) is 17.2 Å². The van der Waals surface area contributed by atoms with Gasteiger partial charge in [-0.15, -0.1) is 0 Å². The van der Waals surface area contributed by atoms with Crippen LogP contribution < -0.4 is 9.47 Å². The predicted molar refractivity (Wildman–Crippen MR) is 80.7 cm³/mol. The number of hydrogen-bond donors (Lipinski definition) is 1. The number of phenolic OH excluding ortho intramolecular Hbond substituents is 1. The third-order valence-electron chi connectivity index (χ3n) is 3.19. The lowest BCUT2D eigenvalue weighted by Crippen LogP contribution is -1.97. The summed E-state index contributed by atoms with van der Waals surface area (Å²) in [7, 11) is 1.64. The quantitative estimate of drug-likeness (QED) is 0.795. The van der Waals surface area contributed by atoms with Crippen molar-refractivity contribution < 1.29 is 14.6 Å². The van der Waals surface area contributed by atoms with E-state index in [-0.39, 0.29) is 5.75 Å². The minimum absolute atomic E-state index is 0.233. The number of benzene rings is 2. The Labute approximate surface area is 122 Å². The Morgan fingerprint density at radius 3 is 2.57 bits per heavy atom. The molecular formula is C17H15NO3. The normalized spacial score (nSPS) is 10.5. The van der Waals surface area contributed by atoms with Crippen molar-refractivity contribution in [3.05, 3.63) is 60.2 Å². The molecule has 0 atom stereocenters. The summed E-state index contributed by atoms with van der Waals surface area (Å²) in [6, 6.07) is 16.4. The lowest BCUT2D eigenvalue weighted by atomic mass is 10.2. The number of aromatic hydroxyl groups is 1. The van der Waals surface area contributed by atoms with Gasteiger partial charge >= 0.3 is 0 Å². The molecule has 0 radical (unpaired) electrons. The van der Waals surface area contributed by atoms with Crippen molar-refractivity contribution in [1.29, 1.82) is 0 Å². The first-order chi connectivity index (χ1) is 10.2. The van der Waals surface area contributed by atoms with Crippen LogP contribution in [0.15, 0.2) is 54.6 Å². The highest BCUT2D eigenvalue weighted by atomic mass is 16.5. The number of hydrogen-bond acceptors (Lipinski definition) is 4. The fraction of sp³-hybridized carbons (Fsp3) is 0.118. The molecule has 1 N–H and O–H groups in total. The predicted octanol–water partition coefficient (Wildman–Crippen LogP) is 3.53. The Morgan fingerprint density at radius 2 is 1.81 bits per heavy atom. The van der Waals surface area contributed by atoms with Crippen LogP contribution in [0.4, 0.5) is 0 Å². The molecule has 0 aliphatic rings. The molecule has 4 heteroatoms.